The molecule has 1 aromatic heterocycles. The number of nitrogens with one attached hydrogen (secondary N) is 2. The summed E-state index contributed by atoms with van der Waals surface area (Å²) in [5.74, 6) is 1.07. The summed E-state index contributed by atoms with van der Waals surface area (Å²) in [6, 6.07) is 16.3. The van der Waals surface area contributed by atoms with Gasteiger partial charge in [0.25, 0.3) is 0 Å². The maximum Gasteiger partial charge on any atom is 0.249 e. The maximum absolute atomic E-state index is 5.46. The van der Waals surface area contributed by atoms with Crippen LogP contribution in [-0.2, 0) is 4.74 Å². The van der Waals surface area contributed by atoms with E-state index < -0.39 is 0 Å². The van der Waals surface area contributed by atoms with Crippen molar-refractivity contribution >= 4 is 34.5 Å². The average Bonchev–Trinajstić information content (AvgIpc) is 2.75. The van der Waals surface area contributed by atoms with Gasteiger partial charge in [-0.1, -0.05) is 12.1 Å². The van der Waals surface area contributed by atoms with Crippen LogP contribution in [0, 0.1) is 0 Å². The minimum absolute atomic E-state index is 0.445. The Morgan fingerprint density at radius 2 is 1.72 bits per heavy atom. The van der Waals surface area contributed by atoms with Gasteiger partial charge in [-0.3, -0.25) is 0 Å². The van der Waals surface area contributed by atoms with Crippen molar-refractivity contribution in [3.05, 3.63) is 54.7 Å². The lowest BCUT2D eigenvalue weighted by atomic mass is 10.2. The summed E-state index contributed by atoms with van der Waals surface area (Å²) in [6.07, 6.45) is 1.61. The summed E-state index contributed by atoms with van der Waals surface area (Å²) < 4.78 is 5.46. The van der Waals surface area contributed by atoms with E-state index >= 15 is 0 Å². The van der Waals surface area contributed by atoms with Gasteiger partial charge < -0.3 is 25.2 Å². The highest BCUT2D eigenvalue weighted by atomic mass is 16.5. The SMILES string of the molecule is CN(C)c1ccc(Nc2cnnc(Nc3ccccc3N3CCOCC3)n2)cc1. The molecule has 3 aromatic rings. The number of morpholine rings is 1. The highest BCUT2D eigenvalue weighted by Gasteiger charge is 2.15. The molecule has 0 saturated carbocycles. The van der Waals surface area contributed by atoms with Crippen LogP contribution in [0.25, 0.3) is 0 Å². The molecule has 0 amide bonds. The molecule has 0 aliphatic carbocycles. The van der Waals surface area contributed by atoms with E-state index in [0.717, 1.165) is 49.1 Å². The van der Waals surface area contributed by atoms with E-state index in [4.69, 9.17) is 4.74 Å². The lowest BCUT2D eigenvalue weighted by molar-refractivity contribution is 0.123. The van der Waals surface area contributed by atoms with Crippen molar-refractivity contribution in [3.63, 3.8) is 0 Å². The standard InChI is InChI=1S/C21H25N7O/c1-27(2)17-9-7-16(8-10-17)23-20-15-22-26-21(25-20)24-18-5-3-4-6-19(18)28-11-13-29-14-12-28/h3-10,15H,11-14H2,1-2H3,(H2,23,24,25,26). The van der Waals surface area contributed by atoms with Crippen LogP contribution in [-0.4, -0.2) is 55.6 Å². The van der Waals surface area contributed by atoms with Crippen molar-refractivity contribution in [1.29, 1.82) is 0 Å². The predicted octanol–water partition coefficient (Wildman–Crippen LogP) is 3.26. The molecule has 2 heterocycles. The van der Waals surface area contributed by atoms with Crippen LogP contribution in [0.5, 0.6) is 0 Å². The lowest BCUT2D eigenvalue weighted by Crippen LogP contribution is -2.36. The first kappa shape index (κ1) is 18.9. The molecule has 4 rings (SSSR count). The Morgan fingerprint density at radius 1 is 0.966 bits per heavy atom. The average molecular weight is 391 g/mol. The number of hydrogen-bond donors (Lipinski definition) is 2. The van der Waals surface area contributed by atoms with Gasteiger partial charge in [0, 0.05) is 38.6 Å². The summed E-state index contributed by atoms with van der Waals surface area (Å²) >= 11 is 0. The Labute approximate surface area is 170 Å². The largest absolute Gasteiger partial charge is 0.378 e. The van der Waals surface area contributed by atoms with E-state index in [0.29, 0.717) is 11.8 Å². The Morgan fingerprint density at radius 3 is 2.48 bits per heavy atom. The second kappa shape index (κ2) is 8.74. The highest BCUT2D eigenvalue weighted by molar-refractivity contribution is 5.73. The van der Waals surface area contributed by atoms with Crippen LogP contribution < -0.4 is 20.4 Å². The van der Waals surface area contributed by atoms with Gasteiger partial charge in [0.05, 0.1) is 30.8 Å². The molecule has 29 heavy (non-hydrogen) atoms. The second-order valence-electron chi connectivity index (χ2n) is 6.97. The van der Waals surface area contributed by atoms with Crippen LogP contribution in [0.2, 0.25) is 0 Å². The smallest absolute Gasteiger partial charge is 0.249 e. The number of benzene rings is 2. The minimum Gasteiger partial charge on any atom is -0.378 e. The van der Waals surface area contributed by atoms with Gasteiger partial charge in [-0.2, -0.15) is 10.1 Å². The van der Waals surface area contributed by atoms with Crippen LogP contribution in [0.15, 0.2) is 54.7 Å². The van der Waals surface area contributed by atoms with Gasteiger partial charge >= 0.3 is 0 Å². The molecular formula is C21H25N7O. The van der Waals surface area contributed by atoms with Crippen molar-refractivity contribution < 1.29 is 4.74 Å². The zero-order valence-electron chi connectivity index (χ0n) is 16.7. The molecule has 1 saturated heterocycles. The molecule has 8 heteroatoms. The molecule has 2 N–H and O–H groups in total. The molecule has 1 fully saturated rings. The Kier molecular flexibility index (Phi) is 5.71. The van der Waals surface area contributed by atoms with Crippen molar-refractivity contribution in [3.8, 4) is 0 Å². The van der Waals surface area contributed by atoms with E-state index in [1.54, 1.807) is 6.20 Å². The number of para-hydroxylation sites is 2. The normalized spacial score (nSPS) is 13.8. The van der Waals surface area contributed by atoms with E-state index in [1.165, 1.54) is 0 Å². The van der Waals surface area contributed by atoms with Crippen LogP contribution in [0.3, 0.4) is 0 Å². The fourth-order valence-electron chi connectivity index (χ4n) is 3.19. The molecule has 8 nitrogen and oxygen atoms in total. The zero-order chi connectivity index (χ0) is 20.1. The summed E-state index contributed by atoms with van der Waals surface area (Å²) in [6.45, 7) is 3.20. The first-order valence-corrected chi connectivity index (χ1v) is 9.62. The number of anilines is 6. The van der Waals surface area contributed by atoms with E-state index in [1.807, 2.05) is 44.4 Å². The summed E-state index contributed by atoms with van der Waals surface area (Å²) in [4.78, 5) is 8.92. The Bertz CT molecular complexity index is 940. The van der Waals surface area contributed by atoms with Crippen molar-refractivity contribution in [2.45, 2.75) is 0 Å². The fraction of sp³-hybridized carbons (Fsp3) is 0.286. The van der Waals surface area contributed by atoms with E-state index in [-0.39, 0.29) is 0 Å². The molecule has 0 unspecified atom stereocenters. The first-order valence-electron chi connectivity index (χ1n) is 9.62. The molecule has 0 radical (unpaired) electrons. The third kappa shape index (κ3) is 4.72. The van der Waals surface area contributed by atoms with E-state index in [9.17, 15) is 0 Å². The maximum atomic E-state index is 5.46. The number of ether oxygens (including phenoxy) is 1. The highest BCUT2D eigenvalue weighted by Crippen LogP contribution is 2.28. The predicted molar refractivity (Wildman–Crippen MR) is 117 cm³/mol. The summed E-state index contributed by atoms with van der Waals surface area (Å²) in [5.41, 5.74) is 4.13. The number of aromatic nitrogens is 3. The third-order valence-electron chi connectivity index (χ3n) is 4.72. The van der Waals surface area contributed by atoms with Gasteiger partial charge in [-0.25, -0.2) is 0 Å². The quantitative estimate of drug-likeness (QED) is 0.663. The topological polar surface area (TPSA) is 78.4 Å². The molecule has 0 atom stereocenters. The molecule has 2 aromatic carbocycles. The van der Waals surface area contributed by atoms with Gasteiger partial charge in [-0.15, -0.1) is 5.10 Å². The number of rotatable bonds is 6. The first-order chi connectivity index (χ1) is 14.2. The Balaban J connectivity index is 1.49. The number of nitrogens with zero attached hydrogens (tertiary/aromatic N) is 5. The monoisotopic (exact) mass is 391 g/mol. The summed E-state index contributed by atoms with van der Waals surface area (Å²) in [5, 5.41) is 14.8. The third-order valence-corrected chi connectivity index (χ3v) is 4.72. The van der Waals surface area contributed by atoms with Gasteiger partial charge in [0.2, 0.25) is 5.95 Å². The number of hydrogen-bond acceptors (Lipinski definition) is 8. The Hall–Kier alpha value is -3.39. The van der Waals surface area contributed by atoms with E-state index in [2.05, 4.69) is 53.8 Å². The van der Waals surface area contributed by atoms with Gasteiger partial charge in [0.15, 0.2) is 5.82 Å². The lowest BCUT2D eigenvalue weighted by Gasteiger charge is -2.30. The zero-order valence-corrected chi connectivity index (χ0v) is 16.7. The molecule has 0 spiro atoms. The molecule has 0 bridgehead atoms. The van der Waals surface area contributed by atoms with Crippen molar-refractivity contribution in [2.24, 2.45) is 0 Å². The van der Waals surface area contributed by atoms with Gasteiger partial charge in [0.1, 0.15) is 0 Å². The minimum atomic E-state index is 0.445. The second-order valence-corrected chi connectivity index (χ2v) is 6.97. The molecular weight excluding hydrogens is 366 g/mol. The van der Waals surface area contributed by atoms with Gasteiger partial charge in [-0.05, 0) is 36.4 Å². The summed E-state index contributed by atoms with van der Waals surface area (Å²) in [7, 11) is 4.03. The van der Waals surface area contributed by atoms with Crippen LogP contribution in [0.1, 0.15) is 0 Å². The van der Waals surface area contributed by atoms with Crippen molar-refractivity contribution in [1.82, 2.24) is 15.2 Å². The molecule has 150 valence electrons. The molecule has 1 aliphatic rings. The van der Waals surface area contributed by atoms with Crippen LogP contribution in [0.4, 0.5) is 34.5 Å². The fourth-order valence-corrected chi connectivity index (χ4v) is 3.19. The molecule has 1 aliphatic heterocycles. The van der Waals surface area contributed by atoms with Crippen LogP contribution >= 0.6 is 0 Å². The van der Waals surface area contributed by atoms with Crippen molar-refractivity contribution in [2.75, 3.05) is 60.8 Å².